The number of Topliss-reactive ketones (excluding diaryl/α,β-unsaturated/α-hetero) is 2. The molecule has 6 heteroatoms. The van der Waals surface area contributed by atoms with Crippen LogP contribution in [0.15, 0.2) is 81.7 Å². The lowest BCUT2D eigenvalue weighted by Crippen LogP contribution is -2.41. The minimum absolute atomic E-state index is 0.135. The summed E-state index contributed by atoms with van der Waals surface area (Å²) >= 11 is 6.84. The maximum Gasteiger partial charge on any atom is 0.322 e. The van der Waals surface area contributed by atoms with Gasteiger partial charge < -0.3 is 4.74 Å². The molecule has 3 aromatic rings. The Morgan fingerprint density at radius 3 is 2.19 bits per heavy atom. The van der Waals surface area contributed by atoms with Crippen molar-refractivity contribution in [1.82, 2.24) is 0 Å². The number of ether oxygens (including phenoxy) is 1. The molecule has 156 valence electrons. The highest BCUT2D eigenvalue weighted by Gasteiger charge is 2.47. The van der Waals surface area contributed by atoms with Crippen LogP contribution in [0.2, 0.25) is 0 Å². The second-order valence-corrected chi connectivity index (χ2v) is 9.33. The first-order valence-corrected chi connectivity index (χ1v) is 11.4. The third-order valence-corrected chi connectivity index (χ3v) is 6.60. The zero-order chi connectivity index (χ0) is 22.1. The molecule has 0 aromatic heterocycles. The van der Waals surface area contributed by atoms with E-state index in [-0.39, 0.29) is 11.6 Å². The summed E-state index contributed by atoms with van der Waals surface area (Å²) in [6.45, 7) is 1.77. The number of halogens is 2. The van der Waals surface area contributed by atoms with E-state index in [2.05, 4.69) is 31.9 Å². The third kappa shape index (κ3) is 4.27. The van der Waals surface area contributed by atoms with Gasteiger partial charge in [0.05, 0.1) is 0 Å². The second-order valence-electron chi connectivity index (χ2n) is 7.50. The quantitative estimate of drug-likeness (QED) is 0.166. The van der Waals surface area contributed by atoms with Gasteiger partial charge in [0.2, 0.25) is 0 Å². The first-order chi connectivity index (χ1) is 14.9. The zero-order valence-corrected chi connectivity index (χ0v) is 19.7. The topological polar surface area (TPSA) is 60.4 Å². The number of ketones is 2. The van der Waals surface area contributed by atoms with Crippen LogP contribution in [-0.4, -0.2) is 17.5 Å². The molecule has 0 saturated carbocycles. The summed E-state index contributed by atoms with van der Waals surface area (Å²) in [6.07, 6.45) is 0. The molecular weight excluding hydrogens is 524 g/mol. The van der Waals surface area contributed by atoms with Crippen molar-refractivity contribution in [2.24, 2.45) is 11.8 Å². The Labute approximate surface area is 196 Å². The summed E-state index contributed by atoms with van der Waals surface area (Å²) < 4.78 is 7.17. The van der Waals surface area contributed by atoms with Gasteiger partial charge in [0.25, 0.3) is 0 Å². The lowest BCUT2D eigenvalue weighted by Gasteiger charge is -2.34. The van der Waals surface area contributed by atoms with E-state index in [9.17, 15) is 14.4 Å². The maximum atomic E-state index is 13.4. The van der Waals surface area contributed by atoms with Crippen molar-refractivity contribution < 1.29 is 19.1 Å². The molecule has 1 heterocycles. The van der Waals surface area contributed by atoms with Gasteiger partial charge in [-0.15, -0.1) is 0 Å². The largest absolute Gasteiger partial charge is 0.426 e. The van der Waals surface area contributed by atoms with Gasteiger partial charge in [0.15, 0.2) is 11.6 Å². The Kier molecular flexibility index (Phi) is 6.21. The molecule has 3 atom stereocenters. The molecule has 1 aliphatic heterocycles. The first-order valence-electron chi connectivity index (χ1n) is 9.77. The number of carbonyl (C=O) groups is 3. The molecule has 1 aliphatic rings. The number of fused-ring (bicyclic) bond motifs is 1. The van der Waals surface area contributed by atoms with E-state index in [0.29, 0.717) is 22.4 Å². The van der Waals surface area contributed by atoms with Crippen LogP contribution in [-0.2, 0) is 4.79 Å². The van der Waals surface area contributed by atoms with Crippen molar-refractivity contribution in [1.29, 1.82) is 0 Å². The lowest BCUT2D eigenvalue weighted by molar-refractivity contribution is -0.139. The van der Waals surface area contributed by atoms with Crippen molar-refractivity contribution in [3.8, 4) is 5.75 Å². The predicted octanol–water partition coefficient (Wildman–Crippen LogP) is 6.23. The molecule has 0 fully saturated rings. The normalized spacial score (nSPS) is 18.6. The van der Waals surface area contributed by atoms with Crippen molar-refractivity contribution >= 4 is 49.4 Å². The molecule has 0 amide bonds. The fourth-order valence-electron chi connectivity index (χ4n) is 4.02. The molecule has 0 N–H and O–H groups in total. The van der Waals surface area contributed by atoms with E-state index in [1.54, 1.807) is 73.7 Å². The minimum Gasteiger partial charge on any atom is -0.426 e. The Bertz CT molecular complexity index is 1160. The number of hydrogen-bond donors (Lipinski definition) is 0. The molecular formula is C25H18Br2O4. The molecule has 0 spiro atoms. The fourth-order valence-corrected chi connectivity index (χ4v) is 4.66. The van der Waals surface area contributed by atoms with E-state index in [0.717, 1.165) is 8.95 Å². The van der Waals surface area contributed by atoms with Gasteiger partial charge in [0, 0.05) is 37.5 Å². The van der Waals surface area contributed by atoms with Crippen LogP contribution >= 0.6 is 31.9 Å². The molecule has 0 radical (unpaired) electrons. The Morgan fingerprint density at radius 2 is 1.52 bits per heavy atom. The van der Waals surface area contributed by atoms with Gasteiger partial charge in [-0.25, -0.2) is 0 Å². The molecule has 0 bridgehead atoms. The van der Waals surface area contributed by atoms with Crippen LogP contribution in [0, 0.1) is 11.8 Å². The minimum atomic E-state index is -1.11. The summed E-state index contributed by atoms with van der Waals surface area (Å²) in [5.41, 5.74) is 1.61. The number of hydrogen-bond acceptors (Lipinski definition) is 4. The van der Waals surface area contributed by atoms with Gasteiger partial charge in [-0.1, -0.05) is 81.2 Å². The first kappa shape index (κ1) is 21.7. The number of esters is 1. The Morgan fingerprint density at radius 1 is 0.871 bits per heavy atom. The van der Waals surface area contributed by atoms with Crippen LogP contribution in [0.4, 0.5) is 0 Å². The summed E-state index contributed by atoms with van der Waals surface area (Å²) in [4.78, 5) is 39.8. The smallest absolute Gasteiger partial charge is 0.322 e. The fraction of sp³-hybridized carbons (Fsp3) is 0.160. The molecule has 0 saturated heterocycles. The second kappa shape index (κ2) is 8.89. The van der Waals surface area contributed by atoms with Crippen LogP contribution < -0.4 is 4.74 Å². The summed E-state index contributed by atoms with van der Waals surface area (Å²) in [6, 6.07) is 21.0. The van der Waals surface area contributed by atoms with E-state index < -0.39 is 23.7 Å². The van der Waals surface area contributed by atoms with Gasteiger partial charge >= 0.3 is 5.97 Å². The van der Waals surface area contributed by atoms with Crippen molar-refractivity contribution in [2.75, 3.05) is 0 Å². The van der Waals surface area contributed by atoms with Crippen LogP contribution in [0.1, 0.15) is 39.1 Å². The van der Waals surface area contributed by atoms with Gasteiger partial charge in [-0.2, -0.15) is 0 Å². The molecule has 3 aromatic carbocycles. The molecule has 0 unspecified atom stereocenters. The summed E-state index contributed by atoms with van der Waals surface area (Å²) in [7, 11) is 0. The Hall–Kier alpha value is -2.57. The van der Waals surface area contributed by atoms with Crippen molar-refractivity contribution in [2.45, 2.75) is 12.8 Å². The number of rotatable bonds is 5. The van der Waals surface area contributed by atoms with E-state index in [1.165, 1.54) is 0 Å². The standard InChI is InChI=1S/C25H18Br2O4/c1-14(23(28)16-7-9-17(26)10-8-16)21-19-13-18(27)11-12-20(19)31-25(30)22(21)24(29)15-5-3-2-4-6-15/h2-14,21-22H,1H3/t14-,21-,22+/m0/s1. The van der Waals surface area contributed by atoms with Crippen LogP contribution in [0.3, 0.4) is 0 Å². The zero-order valence-electron chi connectivity index (χ0n) is 16.5. The third-order valence-electron chi connectivity index (χ3n) is 5.58. The summed E-state index contributed by atoms with van der Waals surface area (Å²) in [5.74, 6) is -3.13. The monoisotopic (exact) mass is 540 g/mol. The molecule has 4 nitrogen and oxygen atoms in total. The van der Waals surface area contributed by atoms with Crippen molar-refractivity contribution in [3.05, 3.63) is 98.4 Å². The Balaban J connectivity index is 1.81. The average Bonchev–Trinajstić information content (AvgIpc) is 2.78. The summed E-state index contributed by atoms with van der Waals surface area (Å²) in [5, 5.41) is 0. The van der Waals surface area contributed by atoms with Gasteiger partial charge in [-0.05, 0) is 30.3 Å². The number of benzene rings is 3. The number of carbonyl (C=O) groups excluding carboxylic acids is 3. The maximum absolute atomic E-state index is 13.4. The molecule has 0 aliphatic carbocycles. The van der Waals surface area contributed by atoms with E-state index in [4.69, 9.17) is 4.74 Å². The molecule has 4 rings (SSSR count). The highest BCUT2D eigenvalue weighted by atomic mass is 79.9. The van der Waals surface area contributed by atoms with E-state index in [1.807, 2.05) is 6.07 Å². The highest BCUT2D eigenvalue weighted by Crippen LogP contribution is 2.45. The average molecular weight is 542 g/mol. The predicted molar refractivity (Wildman–Crippen MR) is 124 cm³/mol. The van der Waals surface area contributed by atoms with E-state index >= 15 is 0 Å². The van der Waals surface area contributed by atoms with Crippen LogP contribution in [0.5, 0.6) is 5.75 Å². The van der Waals surface area contributed by atoms with Crippen LogP contribution in [0.25, 0.3) is 0 Å². The SMILES string of the molecule is C[C@H](C(=O)c1ccc(Br)cc1)[C@H]1c2cc(Br)ccc2OC(=O)[C@H]1C(=O)c1ccccc1. The highest BCUT2D eigenvalue weighted by molar-refractivity contribution is 9.10. The van der Waals surface area contributed by atoms with Crippen molar-refractivity contribution in [3.63, 3.8) is 0 Å². The lowest BCUT2D eigenvalue weighted by atomic mass is 9.71. The van der Waals surface area contributed by atoms with Gasteiger partial charge in [0.1, 0.15) is 11.7 Å². The van der Waals surface area contributed by atoms with Gasteiger partial charge in [-0.3, -0.25) is 14.4 Å². The molecule has 31 heavy (non-hydrogen) atoms.